The van der Waals surface area contributed by atoms with Crippen molar-refractivity contribution in [2.45, 2.75) is 131 Å². The number of aromatic nitrogens is 6. The number of aryl methyl sites for hydroxylation is 5. The SMILES string of the molecule is CCC(CC)Nc1c2c(nc3c(-c4ccc(OC)cc4C)c(C)nn13)CCC2.CCC(CC)Nc1c2c(nc3c(-c4ccc(OC)cc4C)c(CSC)nn13)CCC2.Cl. The first kappa shape index (κ1) is 44.1. The molecule has 0 spiro atoms. The Balaban J connectivity index is 0.000000195. The van der Waals surface area contributed by atoms with Crippen molar-refractivity contribution in [3.05, 3.63) is 81.4 Å². The van der Waals surface area contributed by atoms with Crippen molar-refractivity contribution in [3.63, 3.8) is 0 Å². The summed E-state index contributed by atoms with van der Waals surface area (Å²) >= 11 is 1.80. The molecule has 59 heavy (non-hydrogen) atoms. The van der Waals surface area contributed by atoms with E-state index in [-0.39, 0.29) is 12.4 Å². The Morgan fingerprint density at radius 2 is 1.12 bits per heavy atom. The van der Waals surface area contributed by atoms with Crippen LogP contribution in [0.4, 0.5) is 11.6 Å². The molecule has 0 saturated carbocycles. The van der Waals surface area contributed by atoms with E-state index in [0.29, 0.717) is 12.1 Å². The first-order chi connectivity index (χ1) is 28.2. The van der Waals surface area contributed by atoms with Crippen molar-refractivity contribution in [2.75, 3.05) is 31.1 Å². The average Bonchev–Trinajstić information content (AvgIpc) is 4.04. The van der Waals surface area contributed by atoms with Gasteiger partial charge in [-0.3, -0.25) is 0 Å². The number of thioether (sulfide) groups is 1. The maximum atomic E-state index is 5.43. The fourth-order valence-electron chi connectivity index (χ4n) is 8.80. The molecule has 12 heteroatoms. The standard InChI is InChI=1S/C24H32N4OS.C23H30N4O.ClH/c1-6-16(7-2)25-23-19-9-8-10-20(19)26-24-22(21(14-30-5)27-28(23)24)18-12-11-17(29-4)13-15(18)3;1-6-16(7-2)24-22-19-9-8-10-20(19)25-23-21(15(4)26-27(22)23)18-12-11-17(28-5)13-14(18)3;/h11-13,16,25H,6-10,14H2,1-5H3;11-13,16,24H,6-10H2,1-5H3;1H. The number of anilines is 2. The molecule has 0 bridgehead atoms. The Hall–Kier alpha value is -4.48. The topological polar surface area (TPSA) is 103 Å². The monoisotopic (exact) mass is 838 g/mol. The summed E-state index contributed by atoms with van der Waals surface area (Å²) in [7, 11) is 3.42. The zero-order valence-electron chi connectivity index (χ0n) is 36.7. The minimum Gasteiger partial charge on any atom is -0.497 e. The van der Waals surface area contributed by atoms with Crippen LogP contribution >= 0.6 is 24.2 Å². The lowest BCUT2D eigenvalue weighted by molar-refractivity contribution is 0.414. The molecular weight excluding hydrogens is 776 g/mol. The summed E-state index contributed by atoms with van der Waals surface area (Å²) in [5.41, 5.74) is 16.2. The normalized spacial score (nSPS) is 13.1. The number of hydrogen-bond acceptors (Lipinski definition) is 9. The second kappa shape index (κ2) is 19.3. The molecule has 0 atom stereocenters. The number of benzene rings is 2. The minimum atomic E-state index is 0. The summed E-state index contributed by atoms with van der Waals surface area (Å²) in [5.74, 6) is 4.91. The summed E-state index contributed by atoms with van der Waals surface area (Å²) in [6, 6.07) is 13.4. The molecule has 0 amide bonds. The van der Waals surface area contributed by atoms with Gasteiger partial charge >= 0.3 is 0 Å². The largest absolute Gasteiger partial charge is 0.497 e. The fourth-order valence-corrected chi connectivity index (χ4v) is 9.27. The third-order valence-electron chi connectivity index (χ3n) is 12.2. The van der Waals surface area contributed by atoms with Gasteiger partial charge in [-0.1, -0.05) is 39.8 Å². The number of ether oxygens (including phenoxy) is 2. The van der Waals surface area contributed by atoms with E-state index in [1.54, 1.807) is 26.0 Å². The Labute approximate surface area is 361 Å². The van der Waals surface area contributed by atoms with Gasteiger partial charge in [0.2, 0.25) is 0 Å². The van der Waals surface area contributed by atoms with Crippen molar-refractivity contribution >= 4 is 47.1 Å². The van der Waals surface area contributed by atoms with E-state index in [1.165, 1.54) is 57.6 Å². The molecule has 2 N–H and O–H groups in total. The maximum absolute atomic E-state index is 5.43. The highest BCUT2D eigenvalue weighted by atomic mass is 35.5. The molecule has 8 rings (SSSR count). The summed E-state index contributed by atoms with van der Waals surface area (Å²) in [6.07, 6.45) is 13.1. The smallest absolute Gasteiger partial charge is 0.165 e. The van der Waals surface area contributed by atoms with Crippen molar-refractivity contribution < 1.29 is 9.47 Å². The van der Waals surface area contributed by atoms with Crippen LogP contribution in [0.15, 0.2) is 36.4 Å². The van der Waals surface area contributed by atoms with Gasteiger partial charge in [0.15, 0.2) is 11.3 Å². The Kier molecular flexibility index (Phi) is 14.4. The number of nitrogens with one attached hydrogen (secondary N) is 2. The number of rotatable bonds is 14. The molecule has 2 aliphatic carbocycles. The second-order valence-corrected chi connectivity index (χ2v) is 16.7. The van der Waals surface area contributed by atoms with Crippen molar-refractivity contribution in [3.8, 4) is 33.8 Å². The zero-order valence-corrected chi connectivity index (χ0v) is 38.3. The Morgan fingerprint density at radius 1 is 0.661 bits per heavy atom. The molecule has 4 heterocycles. The van der Waals surface area contributed by atoms with Crippen LogP contribution < -0.4 is 20.1 Å². The molecule has 0 radical (unpaired) electrons. The molecule has 0 saturated heterocycles. The van der Waals surface area contributed by atoms with E-state index in [2.05, 4.69) is 98.7 Å². The molecule has 2 aromatic carbocycles. The minimum absolute atomic E-state index is 0. The van der Waals surface area contributed by atoms with Crippen molar-refractivity contribution in [1.29, 1.82) is 0 Å². The van der Waals surface area contributed by atoms with E-state index in [4.69, 9.17) is 29.6 Å². The molecule has 0 fully saturated rings. The molecule has 316 valence electrons. The lowest BCUT2D eigenvalue weighted by Gasteiger charge is -2.20. The van der Waals surface area contributed by atoms with Crippen molar-refractivity contribution in [1.82, 2.24) is 29.2 Å². The van der Waals surface area contributed by atoms with E-state index in [0.717, 1.165) is 114 Å². The maximum Gasteiger partial charge on any atom is 0.165 e. The third-order valence-corrected chi connectivity index (χ3v) is 12.7. The van der Waals surface area contributed by atoms with Gasteiger partial charge in [-0.15, -0.1) is 12.4 Å². The van der Waals surface area contributed by atoms with Crippen LogP contribution in [0, 0.1) is 20.8 Å². The molecular formula is C47H63ClN8O2S. The molecule has 2 aliphatic rings. The van der Waals surface area contributed by atoms with Crippen molar-refractivity contribution in [2.24, 2.45) is 0 Å². The first-order valence-electron chi connectivity index (χ1n) is 21.3. The van der Waals surface area contributed by atoms with Crippen LogP contribution in [0.2, 0.25) is 0 Å². The van der Waals surface area contributed by atoms with Gasteiger partial charge in [-0.05, 0) is 138 Å². The summed E-state index contributed by atoms with van der Waals surface area (Å²) < 4.78 is 15.0. The number of methoxy groups -OCH3 is 2. The van der Waals surface area contributed by atoms with E-state index in [1.807, 2.05) is 12.1 Å². The number of fused-ring (bicyclic) bond motifs is 4. The predicted octanol–water partition coefficient (Wildman–Crippen LogP) is 11.2. The quantitative estimate of drug-likeness (QED) is 0.111. The van der Waals surface area contributed by atoms with Crippen LogP contribution in [0.25, 0.3) is 33.5 Å². The number of halogens is 1. The Morgan fingerprint density at radius 3 is 1.56 bits per heavy atom. The van der Waals surface area contributed by atoms with Gasteiger partial charge in [0.05, 0.1) is 31.2 Å². The van der Waals surface area contributed by atoms with Crippen LogP contribution in [-0.2, 0) is 31.4 Å². The van der Waals surface area contributed by atoms with Gasteiger partial charge in [0.25, 0.3) is 0 Å². The summed E-state index contributed by atoms with van der Waals surface area (Å²) in [5, 5.41) is 17.6. The second-order valence-electron chi connectivity index (χ2n) is 15.8. The van der Waals surface area contributed by atoms with E-state index >= 15 is 0 Å². The van der Waals surface area contributed by atoms with Gasteiger partial charge in [-0.2, -0.15) is 31.0 Å². The summed E-state index contributed by atoms with van der Waals surface area (Å²) in [6.45, 7) is 15.3. The first-order valence-corrected chi connectivity index (χ1v) is 22.7. The fraction of sp³-hybridized carbons (Fsp3) is 0.489. The molecule has 0 aliphatic heterocycles. The molecule has 10 nitrogen and oxygen atoms in total. The predicted molar refractivity (Wildman–Crippen MR) is 249 cm³/mol. The van der Waals surface area contributed by atoms with Gasteiger partial charge in [0, 0.05) is 45.9 Å². The average molecular weight is 840 g/mol. The Bertz CT molecular complexity index is 2420. The molecule has 6 aromatic rings. The lowest BCUT2D eigenvalue weighted by Crippen LogP contribution is -2.21. The van der Waals surface area contributed by atoms with Gasteiger partial charge in [0.1, 0.15) is 23.1 Å². The van der Waals surface area contributed by atoms with Crippen LogP contribution in [0.5, 0.6) is 11.5 Å². The number of nitrogens with zero attached hydrogens (tertiary/aromatic N) is 6. The lowest BCUT2D eigenvalue weighted by atomic mass is 10.0. The number of hydrogen-bond donors (Lipinski definition) is 2. The van der Waals surface area contributed by atoms with E-state index < -0.39 is 0 Å². The van der Waals surface area contributed by atoms with E-state index in [9.17, 15) is 0 Å². The molecule has 4 aromatic heterocycles. The van der Waals surface area contributed by atoms with Crippen LogP contribution in [-0.4, -0.2) is 61.8 Å². The molecule has 0 unspecified atom stereocenters. The zero-order chi connectivity index (χ0) is 41.1. The van der Waals surface area contributed by atoms with Crippen LogP contribution in [0.3, 0.4) is 0 Å². The van der Waals surface area contributed by atoms with Gasteiger partial charge < -0.3 is 20.1 Å². The highest BCUT2D eigenvalue weighted by Gasteiger charge is 2.28. The highest BCUT2D eigenvalue weighted by molar-refractivity contribution is 7.97. The third kappa shape index (κ3) is 8.60. The van der Waals surface area contributed by atoms with Gasteiger partial charge in [-0.25, -0.2) is 9.97 Å². The highest BCUT2D eigenvalue weighted by Crippen LogP contribution is 2.39. The summed E-state index contributed by atoms with van der Waals surface area (Å²) in [4.78, 5) is 10.2. The van der Waals surface area contributed by atoms with Crippen LogP contribution in [0.1, 0.15) is 111 Å².